The van der Waals surface area contributed by atoms with E-state index in [4.69, 9.17) is 27.9 Å². The summed E-state index contributed by atoms with van der Waals surface area (Å²) >= 11 is 12.3. The Labute approximate surface area is 192 Å². The number of para-hydroxylation sites is 1. The Hall–Kier alpha value is -3.27. The third-order valence-electron chi connectivity index (χ3n) is 4.47. The lowest BCUT2D eigenvalue weighted by Crippen LogP contribution is -2.08. The molecule has 0 saturated carbocycles. The quantitative estimate of drug-likeness (QED) is 0.212. The molecule has 0 heterocycles. The SMILES string of the molecule is N#C/C(=C\c1ccccc1OCc1c(Cl)cccc1Cl)C(=O)c1cccc(C(F)(F)F)c1. The molecule has 3 nitrogen and oxygen atoms in total. The first-order valence-electron chi connectivity index (χ1n) is 9.19. The molecule has 0 N–H and O–H groups in total. The average molecular weight is 476 g/mol. The van der Waals surface area contributed by atoms with Crippen molar-refractivity contribution in [3.05, 3.63) is 105 Å². The zero-order chi connectivity index (χ0) is 23.3. The van der Waals surface area contributed by atoms with E-state index in [0.717, 1.165) is 18.2 Å². The van der Waals surface area contributed by atoms with Crippen LogP contribution in [0.2, 0.25) is 10.0 Å². The lowest BCUT2D eigenvalue weighted by molar-refractivity contribution is -0.137. The molecule has 0 aliphatic carbocycles. The maximum Gasteiger partial charge on any atom is 0.416 e. The average Bonchev–Trinajstić information content (AvgIpc) is 2.77. The van der Waals surface area contributed by atoms with Crippen LogP contribution >= 0.6 is 23.2 Å². The van der Waals surface area contributed by atoms with Gasteiger partial charge in [-0.15, -0.1) is 0 Å². The van der Waals surface area contributed by atoms with E-state index in [1.807, 2.05) is 0 Å². The van der Waals surface area contributed by atoms with Gasteiger partial charge >= 0.3 is 6.18 Å². The number of allylic oxidation sites excluding steroid dienone is 1. The second-order valence-corrected chi connectivity index (χ2v) is 7.42. The van der Waals surface area contributed by atoms with Crippen LogP contribution in [0.15, 0.2) is 72.3 Å². The van der Waals surface area contributed by atoms with Gasteiger partial charge in [-0.25, -0.2) is 0 Å². The first-order valence-corrected chi connectivity index (χ1v) is 9.95. The summed E-state index contributed by atoms with van der Waals surface area (Å²) in [4.78, 5) is 12.7. The molecule has 0 amide bonds. The predicted octanol–water partition coefficient (Wildman–Crippen LogP) is 7.38. The van der Waals surface area contributed by atoms with Crippen molar-refractivity contribution < 1.29 is 22.7 Å². The molecule has 0 saturated heterocycles. The van der Waals surface area contributed by atoms with E-state index in [-0.39, 0.29) is 17.7 Å². The van der Waals surface area contributed by atoms with Crippen LogP contribution in [-0.2, 0) is 12.8 Å². The maximum atomic E-state index is 13.0. The van der Waals surface area contributed by atoms with Crippen molar-refractivity contribution in [2.75, 3.05) is 0 Å². The van der Waals surface area contributed by atoms with Gasteiger partial charge in [0.25, 0.3) is 0 Å². The van der Waals surface area contributed by atoms with Crippen LogP contribution in [0.3, 0.4) is 0 Å². The number of halogens is 5. The molecule has 3 aromatic carbocycles. The third kappa shape index (κ3) is 5.50. The Balaban J connectivity index is 1.90. The molecule has 3 rings (SSSR count). The highest BCUT2D eigenvalue weighted by molar-refractivity contribution is 6.35. The molecule has 3 aromatic rings. The highest BCUT2D eigenvalue weighted by atomic mass is 35.5. The molecule has 0 radical (unpaired) electrons. The van der Waals surface area contributed by atoms with E-state index in [1.165, 1.54) is 12.1 Å². The van der Waals surface area contributed by atoms with Crippen molar-refractivity contribution in [3.8, 4) is 11.8 Å². The number of rotatable bonds is 6. The fourth-order valence-corrected chi connectivity index (χ4v) is 3.35. The van der Waals surface area contributed by atoms with Crippen molar-refractivity contribution in [2.24, 2.45) is 0 Å². The van der Waals surface area contributed by atoms with Crippen molar-refractivity contribution >= 4 is 35.1 Å². The Morgan fingerprint density at radius 1 is 1.00 bits per heavy atom. The zero-order valence-electron chi connectivity index (χ0n) is 16.3. The number of nitrogens with zero attached hydrogens (tertiary/aromatic N) is 1. The lowest BCUT2D eigenvalue weighted by Gasteiger charge is -2.12. The van der Waals surface area contributed by atoms with Gasteiger partial charge in [0.05, 0.1) is 5.56 Å². The predicted molar refractivity (Wildman–Crippen MR) is 117 cm³/mol. The van der Waals surface area contributed by atoms with Gasteiger partial charge in [0.2, 0.25) is 5.78 Å². The molecule has 0 fully saturated rings. The van der Waals surface area contributed by atoms with E-state index < -0.39 is 17.5 Å². The number of benzene rings is 3. The molecular formula is C24H14Cl2F3NO2. The molecule has 0 aromatic heterocycles. The van der Waals surface area contributed by atoms with E-state index in [9.17, 15) is 23.2 Å². The van der Waals surface area contributed by atoms with Crippen LogP contribution in [0.1, 0.15) is 27.0 Å². The molecule has 0 unspecified atom stereocenters. The van der Waals surface area contributed by atoms with E-state index in [2.05, 4.69) is 0 Å². The van der Waals surface area contributed by atoms with Gasteiger partial charge in [-0.05, 0) is 36.4 Å². The first kappa shape index (κ1) is 23.4. The number of alkyl halides is 3. The monoisotopic (exact) mass is 475 g/mol. The van der Waals surface area contributed by atoms with Gasteiger partial charge in [0.1, 0.15) is 24.0 Å². The summed E-state index contributed by atoms with van der Waals surface area (Å²) in [6.07, 6.45) is -3.33. The second kappa shape index (κ2) is 9.90. The molecular weight excluding hydrogens is 462 g/mol. The summed E-state index contributed by atoms with van der Waals surface area (Å²) in [5.74, 6) is -0.490. The Morgan fingerprint density at radius 3 is 2.31 bits per heavy atom. The van der Waals surface area contributed by atoms with E-state index >= 15 is 0 Å². The molecule has 0 bridgehead atoms. The number of carbonyl (C=O) groups is 1. The van der Waals surface area contributed by atoms with Crippen molar-refractivity contribution in [1.82, 2.24) is 0 Å². The number of carbonyl (C=O) groups excluding carboxylic acids is 1. The molecule has 32 heavy (non-hydrogen) atoms. The van der Waals surface area contributed by atoms with Crippen LogP contribution in [0, 0.1) is 11.3 Å². The minimum Gasteiger partial charge on any atom is -0.488 e. The Bertz CT molecular complexity index is 1210. The molecule has 0 spiro atoms. The van der Waals surface area contributed by atoms with Gasteiger partial charge < -0.3 is 4.74 Å². The van der Waals surface area contributed by atoms with Crippen LogP contribution in [0.4, 0.5) is 13.2 Å². The Morgan fingerprint density at radius 2 is 1.66 bits per heavy atom. The van der Waals surface area contributed by atoms with Gasteiger partial charge in [0, 0.05) is 26.7 Å². The summed E-state index contributed by atoms with van der Waals surface area (Å²) in [6.45, 7) is 0.0345. The van der Waals surface area contributed by atoms with Gasteiger partial charge in [-0.3, -0.25) is 4.79 Å². The van der Waals surface area contributed by atoms with Gasteiger partial charge in [0.15, 0.2) is 0 Å². The minimum absolute atomic E-state index is 0.0345. The molecule has 0 aliphatic heterocycles. The topological polar surface area (TPSA) is 50.1 Å². The molecule has 0 aliphatic rings. The Kier molecular flexibility index (Phi) is 7.24. The standard InChI is InChI=1S/C24H14Cl2F3NO2/c25-20-8-4-9-21(26)19(20)14-32-22-10-2-1-5-15(22)11-17(13-30)23(31)16-6-3-7-18(12-16)24(27,28)29/h1-12H,14H2/b17-11+. The highest BCUT2D eigenvalue weighted by Gasteiger charge is 2.31. The fraction of sp³-hybridized carbons (Fsp3) is 0.0833. The van der Waals surface area contributed by atoms with Gasteiger partial charge in [-0.2, -0.15) is 18.4 Å². The van der Waals surface area contributed by atoms with Crippen LogP contribution in [0.25, 0.3) is 6.08 Å². The number of hydrogen-bond donors (Lipinski definition) is 0. The van der Waals surface area contributed by atoms with Crippen LogP contribution in [-0.4, -0.2) is 5.78 Å². The normalized spacial score (nSPS) is 11.7. The highest BCUT2D eigenvalue weighted by Crippen LogP contribution is 2.31. The largest absolute Gasteiger partial charge is 0.488 e. The number of hydrogen-bond acceptors (Lipinski definition) is 3. The molecule has 8 heteroatoms. The summed E-state index contributed by atoms with van der Waals surface area (Å²) in [5, 5.41) is 10.3. The lowest BCUT2D eigenvalue weighted by atomic mass is 10.00. The second-order valence-electron chi connectivity index (χ2n) is 6.60. The van der Waals surface area contributed by atoms with Crippen LogP contribution < -0.4 is 4.74 Å². The molecule has 162 valence electrons. The summed E-state index contributed by atoms with van der Waals surface area (Å²) < 4.78 is 44.7. The summed E-state index contributed by atoms with van der Waals surface area (Å²) in [6, 6.07) is 17.3. The summed E-state index contributed by atoms with van der Waals surface area (Å²) in [5.41, 5.74) is -0.589. The number of Topliss-reactive ketones (excluding diaryl/α,β-unsaturated/α-hetero) is 1. The van der Waals surface area contributed by atoms with Crippen molar-refractivity contribution in [3.63, 3.8) is 0 Å². The number of ketones is 1. The van der Waals surface area contributed by atoms with Crippen LogP contribution in [0.5, 0.6) is 5.75 Å². The third-order valence-corrected chi connectivity index (χ3v) is 5.18. The smallest absolute Gasteiger partial charge is 0.416 e. The zero-order valence-corrected chi connectivity index (χ0v) is 17.8. The maximum absolute atomic E-state index is 13.0. The first-order chi connectivity index (χ1) is 15.2. The van der Waals surface area contributed by atoms with E-state index in [1.54, 1.807) is 48.5 Å². The van der Waals surface area contributed by atoms with Crippen molar-refractivity contribution in [1.29, 1.82) is 5.26 Å². The minimum atomic E-state index is -4.60. The van der Waals surface area contributed by atoms with Crippen molar-refractivity contribution in [2.45, 2.75) is 12.8 Å². The number of ether oxygens (including phenoxy) is 1. The van der Waals surface area contributed by atoms with Gasteiger partial charge in [-0.1, -0.05) is 59.6 Å². The summed E-state index contributed by atoms with van der Waals surface area (Å²) in [7, 11) is 0. The molecule has 0 atom stereocenters. The fourth-order valence-electron chi connectivity index (χ4n) is 2.85. The number of nitriles is 1. The van der Waals surface area contributed by atoms with E-state index in [0.29, 0.717) is 26.9 Å².